The molecular formula is C16H18ClN3O4. The molecule has 3 N–H and O–H groups in total. The number of methoxy groups -OCH3 is 1. The largest absolute Gasteiger partial charge is 0.495 e. The highest BCUT2D eigenvalue weighted by molar-refractivity contribution is 6.40. The third-order valence-corrected chi connectivity index (χ3v) is 3.69. The van der Waals surface area contributed by atoms with Crippen molar-refractivity contribution >= 4 is 29.1 Å². The van der Waals surface area contributed by atoms with Crippen LogP contribution in [0, 0.1) is 0 Å². The van der Waals surface area contributed by atoms with Crippen molar-refractivity contribution in [3.05, 3.63) is 47.2 Å². The highest BCUT2D eigenvalue weighted by Crippen LogP contribution is 2.27. The lowest BCUT2D eigenvalue weighted by molar-refractivity contribution is -0.136. The van der Waals surface area contributed by atoms with Crippen LogP contribution in [0.4, 0.5) is 5.69 Å². The lowest BCUT2D eigenvalue weighted by atomic mass is 10.2. The van der Waals surface area contributed by atoms with E-state index in [1.165, 1.54) is 13.2 Å². The fourth-order valence-corrected chi connectivity index (χ4v) is 2.38. The average molecular weight is 352 g/mol. The van der Waals surface area contributed by atoms with Crippen LogP contribution < -0.4 is 15.4 Å². The molecule has 0 aliphatic carbocycles. The zero-order valence-electron chi connectivity index (χ0n) is 13.2. The maximum absolute atomic E-state index is 11.9. The van der Waals surface area contributed by atoms with Crippen molar-refractivity contribution in [2.75, 3.05) is 19.0 Å². The van der Waals surface area contributed by atoms with E-state index in [0.717, 1.165) is 0 Å². The number of aromatic nitrogens is 1. The van der Waals surface area contributed by atoms with Gasteiger partial charge in [-0.15, -0.1) is 0 Å². The van der Waals surface area contributed by atoms with Gasteiger partial charge < -0.3 is 25.0 Å². The number of aliphatic hydroxyl groups excluding tert-OH is 1. The molecule has 0 fully saturated rings. The van der Waals surface area contributed by atoms with Crippen molar-refractivity contribution in [2.45, 2.75) is 6.10 Å². The third kappa shape index (κ3) is 4.27. The smallest absolute Gasteiger partial charge is 0.313 e. The molecule has 0 saturated heterocycles. The standard InChI is InChI=1S/C16H18ClN3O4/c1-20-7-3-4-12(20)13(21)9-18-15(22)16(23)19-10-5-6-14(24-2)11(17)8-10/h3-8,13,21H,9H2,1-2H3,(H,18,22)(H,19,23)/t13-/m1/s1. The van der Waals surface area contributed by atoms with Crippen LogP contribution in [0.5, 0.6) is 5.75 Å². The van der Waals surface area contributed by atoms with Crippen LogP contribution in [0.2, 0.25) is 5.02 Å². The molecule has 0 aliphatic rings. The van der Waals surface area contributed by atoms with E-state index in [0.29, 0.717) is 22.2 Å². The van der Waals surface area contributed by atoms with E-state index in [-0.39, 0.29) is 6.54 Å². The fourth-order valence-electron chi connectivity index (χ4n) is 2.13. The first-order valence-electron chi connectivity index (χ1n) is 7.14. The number of hydrogen-bond donors (Lipinski definition) is 3. The number of rotatable bonds is 5. The van der Waals surface area contributed by atoms with E-state index in [2.05, 4.69) is 10.6 Å². The van der Waals surface area contributed by atoms with Crippen molar-refractivity contribution in [1.29, 1.82) is 0 Å². The summed E-state index contributed by atoms with van der Waals surface area (Å²) in [4.78, 5) is 23.7. The molecule has 7 nitrogen and oxygen atoms in total. The Morgan fingerprint density at radius 2 is 2.08 bits per heavy atom. The predicted molar refractivity (Wildman–Crippen MR) is 90.0 cm³/mol. The molecule has 2 rings (SSSR count). The Bertz CT molecular complexity index is 745. The van der Waals surface area contributed by atoms with Crippen molar-refractivity contribution in [3.63, 3.8) is 0 Å². The van der Waals surface area contributed by atoms with E-state index < -0.39 is 17.9 Å². The average Bonchev–Trinajstić information content (AvgIpc) is 2.98. The topological polar surface area (TPSA) is 92.6 Å². The van der Waals surface area contributed by atoms with Crippen LogP contribution in [-0.4, -0.2) is 35.1 Å². The van der Waals surface area contributed by atoms with Gasteiger partial charge >= 0.3 is 11.8 Å². The van der Waals surface area contributed by atoms with Gasteiger partial charge in [0.2, 0.25) is 0 Å². The number of carbonyl (C=O) groups is 2. The summed E-state index contributed by atoms with van der Waals surface area (Å²) in [6.45, 7) is -0.0759. The molecule has 0 radical (unpaired) electrons. The Kier molecular flexibility index (Phi) is 5.83. The molecule has 1 aromatic carbocycles. The molecule has 2 amide bonds. The molecular weight excluding hydrogens is 334 g/mol. The van der Waals surface area contributed by atoms with Gasteiger partial charge in [0.25, 0.3) is 0 Å². The van der Waals surface area contributed by atoms with Gasteiger partial charge in [-0.3, -0.25) is 9.59 Å². The molecule has 1 heterocycles. The lowest BCUT2D eigenvalue weighted by Gasteiger charge is -2.13. The minimum absolute atomic E-state index is 0.0759. The maximum Gasteiger partial charge on any atom is 0.313 e. The first-order valence-corrected chi connectivity index (χ1v) is 7.52. The minimum atomic E-state index is -0.905. The molecule has 8 heteroatoms. The second-order valence-electron chi connectivity index (χ2n) is 5.07. The van der Waals surface area contributed by atoms with Crippen molar-refractivity contribution in [1.82, 2.24) is 9.88 Å². The van der Waals surface area contributed by atoms with Crippen LogP contribution in [0.25, 0.3) is 0 Å². The first kappa shape index (κ1) is 17.8. The summed E-state index contributed by atoms with van der Waals surface area (Å²) in [5.41, 5.74) is 1.00. The van der Waals surface area contributed by atoms with Gasteiger partial charge in [0.1, 0.15) is 11.9 Å². The Hall–Kier alpha value is -2.51. The highest BCUT2D eigenvalue weighted by atomic mass is 35.5. The number of nitrogens with one attached hydrogen (secondary N) is 2. The number of amides is 2. The molecule has 2 aromatic rings. The molecule has 0 saturated carbocycles. The maximum atomic E-state index is 11.9. The zero-order valence-corrected chi connectivity index (χ0v) is 14.0. The van der Waals surface area contributed by atoms with Gasteiger partial charge in [0.05, 0.1) is 12.1 Å². The number of benzene rings is 1. The minimum Gasteiger partial charge on any atom is -0.495 e. The number of carbonyl (C=O) groups excluding carboxylic acids is 2. The second-order valence-corrected chi connectivity index (χ2v) is 5.48. The summed E-state index contributed by atoms with van der Waals surface area (Å²) in [5.74, 6) is -1.24. The third-order valence-electron chi connectivity index (χ3n) is 3.40. The first-order chi connectivity index (χ1) is 11.4. The summed E-state index contributed by atoms with van der Waals surface area (Å²) < 4.78 is 6.74. The van der Waals surface area contributed by atoms with Gasteiger partial charge in [-0.2, -0.15) is 0 Å². The number of aryl methyl sites for hydroxylation is 1. The van der Waals surface area contributed by atoms with E-state index in [9.17, 15) is 14.7 Å². The van der Waals surface area contributed by atoms with Gasteiger partial charge in [0, 0.05) is 31.2 Å². The number of anilines is 1. The normalized spacial score (nSPS) is 11.7. The van der Waals surface area contributed by atoms with E-state index in [1.54, 1.807) is 42.1 Å². The van der Waals surface area contributed by atoms with Crippen LogP contribution in [0.3, 0.4) is 0 Å². The van der Waals surface area contributed by atoms with Crippen LogP contribution in [0.15, 0.2) is 36.5 Å². The van der Waals surface area contributed by atoms with Crippen LogP contribution >= 0.6 is 11.6 Å². The molecule has 0 spiro atoms. The molecule has 0 unspecified atom stereocenters. The van der Waals surface area contributed by atoms with Crippen LogP contribution in [-0.2, 0) is 16.6 Å². The Morgan fingerprint density at radius 3 is 2.67 bits per heavy atom. The molecule has 128 valence electrons. The highest BCUT2D eigenvalue weighted by Gasteiger charge is 2.17. The van der Waals surface area contributed by atoms with Crippen LogP contribution in [0.1, 0.15) is 11.8 Å². The van der Waals surface area contributed by atoms with Crippen molar-refractivity contribution in [2.24, 2.45) is 7.05 Å². The Morgan fingerprint density at radius 1 is 1.33 bits per heavy atom. The Balaban J connectivity index is 1.89. The molecule has 1 aromatic heterocycles. The van der Waals surface area contributed by atoms with Gasteiger partial charge in [-0.25, -0.2) is 0 Å². The summed E-state index contributed by atoms with van der Waals surface area (Å²) in [7, 11) is 3.26. The Labute approximate surface area is 144 Å². The molecule has 0 aliphatic heterocycles. The molecule has 1 atom stereocenters. The monoisotopic (exact) mass is 351 g/mol. The SMILES string of the molecule is COc1ccc(NC(=O)C(=O)NC[C@@H](O)c2cccn2C)cc1Cl. The quantitative estimate of drug-likeness (QED) is 0.711. The number of aliphatic hydroxyl groups is 1. The van der Waals surface area contributed by atoms with Gasteiger partial charge in [0.15, 0.2) is 0 Å². The van der Waals surface area contributed by atoms with Gasteiger partial charge in [-0.05, 0) is 30.3 Å². The zero-order chi connectivity index (χ0) is 17.7. The summed E-state index contributed by atoms with van der Waals surface area (Å²) in [5, 5.41) is 15.1. The second kappa shape index (κ2) is 7.85. The van der Waals surface area contributed by atoms with E-state index >= 15 is 0 Å². The number of halogens is 1. The van der Waals surface area contributed by atoms with Crippen molar-refractivity contribution in [3.8, 4) is 5.75 Å². The summed E-state index contributed by atoms with van der Waals surface area (Å²) >= 11 is 5.95. The summed E-state index contributed by atoms with van der Waals surface area (Å²) in [6, 6.07) is 8.13. The lowest BCUT2D eigenvalue weighted by Crippen LogP contribution is -2.37. The van der Waals surface area contributed by atoms with Crippen molar-refractivity contribution < 1.29 is 19.4 Å². The van der Waals surface area contributed by atoms with Gasteiger partial charge in [-0.1, -0.05) is 11.6 Å². The molecule has 24 heavy (non-hydrogen) atoms. The predicted octanol–water partition coefficient (Wildman–Crippen LogP) is 1.48. The van der Waals surface area contributed by atoms with E-state index in [1.807, 2.05) is 0 Å². The van der Waals surface area contributed by atoms with E-state index in [4.69, 9.17) is 16.3 Å². The number of nitrogens with zero attached hydrogens (tertiary/aromatic N) is 1. The summed E-state index contributed by atoms with van der Waals surface area (Å²) in [6.07, 6.45) is 0.873. The molecule has 0 bridgehead atoms. The fraction of sp³-hybridized carbons (Fsp3) is 0.250. The number of hydrogen-bond acceptors (Lipinski definition) is 4. The number of ether oxygens (including phenoxy) is 1.